The molecule has 4 heteroatoms. The summed E-state index contributed by atoms with van der Waals surface area (Å²) >= 11 is 5.93. The molecule has 1 saturated carbocycles. The fraction of sp³-hybridized carbons (Fsp3) is 0.571. The molecule has 1 fully saturated rings. The maximum absolute atomic E-state index is 9.19. The van der Waals surface area contributed by atoms with E-state index in [-0.39, 0.29) is 6.61 Å². The zero-order chi connectivity index (χ0) is 13.0. The molecule has 0 bridgehead atoms. The zero-order valence-electron chi connectivity index (χ0n) is 10.6. The summed E-state index contributed by atoms with van der Waals surface area (Å²) in [7, 11) is 0. The molecule has 0 heterocycles. The minimum atomic E-state index is 0.208. The Labute approximate surface area is 114 Å². The highest BCUT2D eigenvalue weighted by molar-refractivity contribution is 6.33. The first-order valence-electron chi connectivity index (χ1n) is 6.59. The van der Waals surface area contributed by atoms with E-state index < -0.39 is 0 Å². The van der Waals surface area contributed by atoms with Gasteiger partial charge in [-0.05, 0) is 30.5 Å². The number of rotatable bonds is 5. The van der Waals surface area contributed by atoms with Gasteiger partial charge >= 0.3 is 0 Å². The fourth-order valence-electron chi connectivity index (χ4n) is 2.71. The molecule has 3 N–H and O–H groups in total. The van der Waals surface area contributed by atoms with E-state index in [0.717, 1.165) is 18.7 Å². The summed E-state index contributed by atoms with van der Waals surface area (Å²) in [4.78, 5) is 2.36. The van der Waals surface area contributed by atoms with Gasteiger partial charge in [-0.1, -0.05) is 30.5 Å². The first-order valence-corrected chi connectivity index (χ1v) is 6.97. The molecule has 1 aromatic rings. The molecule has 18 heavy (non-hydrogen) atoms. The summed E-state index contributed by atoms with van der Waals surface area (Å²) in [5, 5.41) is 9.79. The molecule has 0 saturated heterocycles. The largest absolute Gasteiger partial charge is 0.398 e. The molecule has 0 aliphatic heterocycles. The average Bonchev–Trinajstić information content (AvgIpc) is 2.87. The number of nitrogens with two attached hydrogens (primary N) is 1. The second kappa shape index (κ2) is 6.41. The van der Waals surface area contributed by atoms with Crippen LogP contribution in [0.3, 0.4) is 0 Å². The minimum absolute atomic E-state index is 0.208. The first-order chi connectivity index (χ1) is 8.70. The molecule has 0 unspecified atom stereocenters. The van der Waals surface area contributed by atoms with E-state index in [4.69, 9.17) is 17.3 Å². The van der Waals surface area contributed by atoms with Crippen LogP contribution < -0.4 is 5.73 Å². The monoisotopic (exact) mass is 268 g/mol. The lowest BCUT2D eigenvalue weighted by atomic mass is 10.1. The van der Waals surface area contributed by atoms with Crippen LogP contribution in [0.5, 0.6) is 0 Å². The lowest BCUT2D eigenvalue weighted by Gasteiger charge is -2.28. The number of hydrogen-bond acceptors (Lipinski definition) is 3. The van der Waals surface area contributed by atoms with Crippen LogP contribution in [-0.2, 0) is 6.54 Å². The number of nitrogen functional groups attached to an aromatic ring is 1. The number of hydrogen-bond donors (Lipinski definition) is 2. The van der Waals surface area contributed by atoms with Crippen LogP contribution in [0.25, 0.3) is 0 Å². The Kier molecular flexibility index (Phi) is 4.87. The van der Waals surface area contributed by atoms with E-state index in [2.05, 4.69) is 4.90 Å². The second-order valence-corrected chi connectivity index (χ2v) is 5.40. The molecular formula is C14H21ClN2O. The quantitative estimate of drug-likeness (QED) is 0.808. The van der Waals surface area contributed by atoms with Crippen LogP contribution in [-0.4, -0.2) is 29.2 Å². The number of halogens is 1. The van der Waals surface area contributed by atoms with Crippen LogP contribution in [0.1, 0.15) is 31.2 Å². The molecule has 1 aromatic carbocycles. The summed E-state index contributed by atoms with van der Waals surface area (Å²) in [6.07, 6.45) is 5.08. The highest BCUT2D eigenvalue weighted by Crippen LogP contribution is 2.26. The molecule has 0 aromatic heterocycles. The summed E-state index contributed by atoms with van der Waals surface area (Å²) in [5.74, 6) is 0. The van der Waals surface area contributed by atoms with Gasteiger partial charge in [0.1, 0.15) is 0 Å². The lowest BCUT2D eigenvalue weighted by molar-refractivity contribution is 0.145. The Hall–Kier alpha value is -0.770. The van der Waals surface area contributed by atoms with E-state index >= 15 is 0 Å². The van der Waals surface area contributed by atoms with E-state index in [1.165, 1.54) is 25.7 Å². The van der Waals surface area contributed by atoms with Crippen LogP contribution in [0.4, 0.5) is 5.69 Å². The van der Waals surface area contributed by atoms with E-state index in [9.17, 15) is 5.11 Å². The van der Waals surface area contributed by atoms with Gasteiger partial charge in [0.25, 0.3) is 0 Å². The Morgan fingerprint density at radius 2 is 2.06 bits per heavy atom. The third kappa shape index (κ3) is 3.37. The number of aliphatic hydroxyl groups is 1. The van der Waals surface area contributed by atoms with Gasteiger partial charge in [-0.3, -0.25) is 4.90 Å². The molecule has 0 atom stereocenters. The second-order valence-electron chi connectivity index (χ2n) is 4.99. The Balaban J connectivity index is 2.04. The van der Waals surface area contributed by atoms with Crippen molar-refractivity contribution in [2.45, 2.75) is 38.3 Å². The number of benzene rings is 1. The van der Waals surface area contributed by atoms with Crippen molar-refractivity contribution in [1.82, 2.24) is 4.90 Å². The molecule has 1 aliphatic carbocycles. The van der Waals surface area contributed by atoms with Crippen molar-refractivity contribution in [2.75, 3.05) is 18.9 Å². The van der Waals surface area contributed by atoms with Gasteiger partial charge in [0.15, 0.2) is 0 Å². The van der Waals surface area contributed by atoms with E-state index in [1.54, 1.807) is 0 Å². The van der Waals surface area contributed by atoms with Crippen molar-refractivity contribution >= 4 is 17.3 Å². The lowest BCUT2D eigenvalue weighted by Crippen LogP contribution is -2.35. The normalized spacial score (nSPS) is 16.6. The highest BCUT2D eigenvalue weighted by Gasteiger charge is 2.22. The predicted octanol–water partition coefficient (Wildman–Crippen LogP) is 2.66. The summed E-state index contributed by atoms with van der Waals surface area (Å²) in [6, 6.07) is 6.39. The minimum Gasteiger partial charge on any atom is -0.398 e. The van der Waals surface area contributed by atoms with Crippen molar-refractivity contribution in [1.29, 1.82) is 0 Å². The van der Waals surface area contributed by atoms with E-state index in [0.29, 0.717) is 16.8 Å². The number of anilines is 1. The maximum Gasteiger partial charge on any atom is 0.0635 e. The molecule has 100 valence electrons. The van der Waals surface area contributed by atoms with E-state index in [1.807, 2.05) is 18.2 Å². The predicted molar refractivity (Wildman–Crippen MR) is 75.6 cm³/mol. The standard InChI is InChI=1S/C14H21ClN2O/c15-13-6-5-11(9-14(13)16)10-17(7-8-18)12-3-1-2-4-12/h5-6,9,12,18H,1-4,7-8,10,16H2. The van der Waals surface area contributed by atoms with Crippen molar-refractivity contribution in [3.05, 3.63) is 28.8 Å². The van der Waals surface area contributed by atoms with Gasteiger partial charge in [-0.15, -0.1) is 0 Å². The van der Waals surface area contributed by atoms with Crippen molar-refractivity contribution in [3.8, 4) is 0 Å². The van der Waals surface area contributed by atoms with Gasteiger partial charge < -0.3 is 10.8 Å². The maximum atomic E-state index is 9.19. The Bertz CT molecular complexity index is 391. The first kappa shape index (κ1) is 13.7. The molecule has 1 aliphatic rings. The van der Waals surface area contributed by atoms with Crippen LogP contribution in [0.2, 0.25) is 5.02 Å². The van der Waals surface area contributed by atoms with Crippen molar-refractivity contribution in [3.63, 3.8) is 0 Å². The number of nitrogens with zero attached hydrogens (tertiary/aromatic N) is 1. The van der Waals surface area contributed by atoms with Gasteiger partial charge in [0.05, 0.1) is 17.3 Å². The summed E-state index contributed by atoms with van der Waals surface area (Å²) in [5.41, 5.74) is 7.62. The van der Waals surface area contributed by atoms with Crippen LogP contribution >= 0.6 is 11.6 Å². The van der Waals surface area contributed by atoms with Crippen LogP contribution in [0, 0.1) is 0 Å². The Morgan fingerprint density at radius 1 is 1.33 bits per heavy atom. The highest BCUT2D eigenvalue weighted by atomic mass is 35.5. The molecular weight excluding hydrogens is 248 g/mol. The third-order valence-corrected chi connectivity index (χ3v) is 4.02. The molecule has 2 rings (SSSR count). The van der Waals surface area contributed by atoms with Crippen molar-refractivity contribution < 1.29 is 5.11 Å². The van der Waals surface area contributed by atoms with Gasteiger partial charge in [-0.25, -0.2) is 0 Å². The fourth-order valence-corrected chi connectivity index (χ4v) is 2.83. The van der Waals surface area contributed by atoms with Gasteiger partial charge in [0, 0.05) is 19.1 Å². The molecule has 0 amide bonds. The smallest absolute Gasteiger partial charge is 0.0635 e. The SMILES string of the molecule is Nc1cc(CN(CCO)C2CCCC2)ccc1Cl. The van der Waals surface area contributed by atoms with Gasteiger partial charge in [-0.2, -0.15) is 0 Å². The molecule has 0 spiro atoms. The average molecular weight is 269 g/mol. The zero-order valence-corrected chi connectivity index (χ0v) is 11.4. The van der Waals surface area contributed by atoms with Gasteiger partial charge in [0.2, 0.25) is 0 Å². The molecule has 0 radical (unpaired) electrons. The topological polar surface area (TPSA) is 49.5 Å². The van der Waals surface area contributed by atoms with Crippen LogP contribution in [0.15, 0.2) is 18.2 Å². The van der Waals surface area contributed by atoms with Crippen molar-refractivity contribution in [2.24, 2.45) is 0 Å². The third-order valence-electron chi connectivity index (χ3n) is 3.67. The Morgan fingerprint density at radius 3 is 2.67 bits per heavy atom. The summed E-state index contributed by atoms with van der Waals surface area (Å²) in [6.45, 7) is 1.78. The summed E-state index contributed by atoms with van der Waals surface area (Å²) < 4.78 is 0. The number of aliphatic hydroxyl groups excluding tert-OH is 1. The molecule has 3 nitrogen and oxygen atoms in total.